The third-order valence-corrected chi connectivity index (χ3v) is 5.99. The van der Waals surface area contributed by atoms with Gasteiger partial charge in [0.05, 0.1) is 18.4 Å². The van der Waals surface area contributed by atoms with E-state index in [1.54, 1.807) is 55.5 Å². The van der Waals surface area contributed by atoms with E-state index >= 15 is 0 Å². The summed E-state index contributed by atoms with van der Waals surface area (Å²) < 4.78 is 5.14. The van der Waals surface area contributed by atoms with Crippen LogP contribution in [0.1, 0.15) is 28.4 Å². The van der Waals surface area contributed by atoms with Crippen LogP contribution in [0, 0.1) is 0 Å². The fourth-order valence-electron chi connectivity index (χ4n) is 3.96. The molecule has 0 spiro atoms. The van der Waals surface area contributed by atoms with Crippen molar-refractivity contribution in [3.63, 3.8) is 0 Å². The Labute approximate surface area is 208 Å². The minimum atomic E-state index is -1.32. The average Bonchev–Trinajstić information content (AvgIpc) is 3.12. The SMILES string of the molecule is COc1ccc([C@]2(C)NC(=O)N(CC(=O)Nc3ccccc3C(=O)NCc3ccccc3)C2=O)cc1. The molecule has 3 aromatic rings. The van der Waals surface area contributed by atoms with Crippen LogP contribution in [-0.4, -0.2) is 42.3 Å². The normalized spacial score (nSPS) is 16.9. The highest BCUT2D eigenvalue weighted by atomic mass is 16.5. The van der Waals surface area contributed by atoms with Gasteiger partial charge in [-0.25, -0.2) is 4.79 Å². The van der Waals surface area contributed by atoms with E-state index in [1.807, 2.05) is 30.3 Å². The molecule has 1 fully saturated rings. The predicted molar refractivity (Wildman–Crippen MR) is 133 cm³/mol. The van der Waals surface area contributed by atoms with Gasteiger partial charge in [0.15, 0.2) is 0 Å². The molecule has 5 amide bonds. The zero-order valence-electron chi connectivity index (χ0n) is 19.9. The standard InChI is InChI=1S/C27H26N4O5/c1-27(19-12-14-20(36-2)15-13-19)25(34)31(26(35)30-27)17-23(32)29-22-11-7-6-10-21(22)24(33)28-16-18-8-4-3-5-9-18/h3-15H,16-17H2,1-2H3,(H,28,33)(H,29,32)(H,30,35)/t27-/m0/s1. The largest absolute Gasteiger partial charge is 0.497 e. The number of carbonyl (C=O) groups is 4. The zero-order valence-corrected chi connectivity index (χ0v) is 19.9. The first-order valence-corrected chi connectivity index (χ1v) is 11.3. The molecule has 0 unspecified atom stereocenters. The minimum absolute atomic E-state index is 0.266. The molecule has 1 atom stereocenters. The van der Waals surface area contributed by atoms with Crippen LogP contribution in [0.4, 0.5) is 10.5 Å². The van der Waals surface area contributed by atoms with Gasteiger partial charge < -0.3 is 20.7 Å². The van der Waals surface area contributed by atoms with Crippen LogP contribution in [-0.2, 0) is 21.7 Å². The number of para-hydroxylation sites is 1. The number of benzene rings is 3. The summed E-state index contributed by atoms with van der Waals surface area (Å²) in [5.41, 5.74) is 0.717. The number of carbonyl (C=O) groups excluding carboxylic acids is 4. The lowest BCUT2D eigenvalue weighted by molar-refractivity contribution is -0.133. The second kappa shape index (κ2) is 10.3. The number of hydrogen-bond acceptors (Lipinski definition) is 5. The van der Waals surface area contributed by atoms with Crippen molar-refractivity contribution in [1.29, 1.82) is 0 Å². The van der Waals surface area contributed by atoms with Crippen LogP contribution in [0.5, 0.6) is 5.75 Å². The number of nitrogens with one attached hydrogen (secondary N) is 3. The number of urea groups is 1. The summed E-state index contributed by atoms with van der Waals surface area (Å²) in [7, 11) is 1.53. The van der Waals surface area contributed by atoms with Crippen LogP contribution < -0.4 is 20.7 Å². The molecule has 36 heavy (non-hydrogen) atoms. The summed E-state index contributed by atoms with van der Waals surface area (Å²) in [4.78, 5) is 52.2. The third kappa shape index (κ3) is 5.05. The van der Waals surface area contributed by atoms with Crippen molar-refractivity contribution in [2.45, 2.75) is 19.0 Å². The van der Waals surface area contributed by atoms with Crippen LogP contribution in [0.25, 0.3) is 0 Å². The second-order valence-corrected chi connectivity index (χ2v) is 8.44. The number of hydrogen-bond donors (Lipinski definition) is 3. The fourth-order valence-corrected chi connectivity index (χ4v) is 3.96. The summed E-state index contributed by atoms with van der Waals surface area (Å²) in [5.74, 6) is -0.916. The Morgan fingerprint density at radius 3 is 2.31 bits per heavy atom. The molecule has 0 aliphatic carbocycles. The molecular weight excluding hydrogens is 460 g/mol. The maximum atomic E-state index is 13.1. The monoisotopic (exact) mass is 486 g/mol. The van der Waals surface area contributed by atoms with Crippen LogP contribution in [0.2, 0.25) is 0 Å². The smallest absolute Gasteiger partial charge is 0.325 e. The van der Waals surface area contributed by atoms with Gasteiger partial charge in [-0.3, -0.25) is 19.3 Å². The lowest BCUT2D eigenvalue weighted by Crippen LogP contribution is -2.42. The molecule has 9 heteroatoms. The topological polar surface area (TPSA) is 117 Å². The number of ether oxygens (including phenoxy) is 1. The Kier molecular flexibility index (Phi) is 7.00. The van der Waals surface area contributed by atoms with Crippen molar-refractivity contribution >= 4 is 29.4 Å². The first-order chi connectivity index (χ1) is 17.3. The Bertz CT molecular complexity index is 1290. The van der Waals surface area contributed by atoms with E-state index in [4.69, 9.17) is 4.74 Å². The van der Waals surface area contributed by atoms with Crippen molar-refractivity contribution in [1.82, 2.24) is 15.5 Å². The molecule has 9 nitrogen and oxygen atoms in total. The molecule has 1 heterocycles. The highest BCUT2D eigenvalue weighted by Gasteiger charge is 2.49. The summed E-state index contributed by atoms with van der Waals surface area (Å²) in [5, 5.41) is 8.14. The quantitative estimate of drug-likeness (QED) is 0.423. The molecule has 3 aromatic carbocycles. The van der Waals surface area contributed by atoms with E-state index in [2.05, 4.69) is 16.0 Å². The maximum absolute atomic E-state index is 13.1. The summed E-state index contributed by atoms with van der Waals surface area (Å²) in [6, 6.07) is 22.0. The number of amides is 5. The van der Waals surface area contributed by atoms with E-state index in [1.165, 1.54) is 7.11 Å². The van der Waals surface area contributed by atoms with Gasteiger partial charge in [0.25, 0.3) is 11.8 Å². The van der Waals surface area contributed by atoms with E-state index in [0.717, 1.165) is 10.5 Å². The van der Waals surface area contributed by atoms with Crippen molar-refractivity contribution < 1.29 is 23.9 Å². The Hall–Kier alpha value is -4.66. The van der Waals surface area contributed by atoms with Gasteiger partial charge in [-0.1, -0.05) is 54.6 Å². The molecular formula is C27H26N4O5. The van der Waals surface area contributed by atoms with Crippen molar-refractivity contribution in [2.75, 3.05) is 19.0 Å². The number of methoxy groups -OCH3 is 1. The lowest BCUT2D eigenvalue weighted by Gasteiger charge is -2.22. The highest BCUT2D eigenvalue weighted by molar-refractivity contribution is 6.11. The average molecular weight is 487 g/mol. The predicted octanol–water partition coefficient (Wildman–Crippen LogP) is 3.03. The molecule has 4 rings (SSSR count). The lowest BCUT2D eigenvalue weighted by atomic mass is 9.92. The number of rotatable bonds is 8. The molecule has 184 valence electrons. The maximum Gasteiger partial charge on any atom is 0.325 e. The third-order valence-electron chi connectivity index (χ3n) is 5.99. The fraction of sp³-hybridized carbons (Fsp3) is 0.185. The van der Waals surface area contributed by atoms with E-state index in [9.17, 15) is 19.2 Å². The van der Waals surface area contributed by atoms with Crippen LogP contribution in [0.15, 0.2) is 78.9 Å². The molecule has 0 radical (unpaired) electrons. The molecule has 1 aliphatic rings. The first kappa shape index (κ1) is 24.5. The van der Waals surface area contributed by atoms with Crippen molar-refractivity contribution in [3.8, 4) is 5.75 Å². The van der Waals surface area contributed by atoms with Gasteiger partial charge in [-0.2, -0.15) is 0 Å². The van der Waals surface area contributed by atoms with Gasteiger partial charge in [0.1, 0.15) is 17.8 Å². The zero-order chi connectivity index (χ0) is 25.7. The van der Waals surface area contributed by atoms with Crippen molar-refractivity contribution in [3.05, 3.63) is 95.6 Å². The van der Waals surface area contributed by atoms with E-state index in [-0.39, 0.29) is 17.2 Å². The molecule has 1 saturated heterocycles. The van der Waals surface area contributed by atoms with Gasteiger partial charge in [-0.05, 0) is 42.3 Å². The van der Waals surface area contributed by atoms with E-state index < -0.39 is 29.9 Å². The molecule has 1 aliphatic heterocycles. The van der Waals surface area contributed by atoms with Gasteiger partial charge in [0.2, 0.25) is 5.91 Å². The number of anilines is 1. The summed E-state index contributed by atoms with van der Waals surface area (Å²) in [6.07, 6.45) is 0. The highest BCUT2D eigenvalue weighted by Crippen LogP contribution is 2.30. The Morgan fingerprint density at radius 1 is 0.944 bits per heavy atom. The van der Waals surface area contributed by atoms with Crippen molar-refractivity contribution in [2.24, 2.45) is 0 Å². The van der Waals surface area contributed by atoms with Crippen LogP contribution >= 0.6 is 0 Å². The minimum Gasteiger partial charge on any atom is -0.497 e. The number of nitrogens with zero attached hydrogens (tertiary/aromatic N) is 1. The van der Waals surface area contributed by atoms with Gasteiger partial charge >= 0.3 is 6.03 Å². The van der Waals surface area contributed by atoms with Gasteiger partial charge in [-0.15, -0.1) is 0 Å². The Balaban J connectivity index is 1.43. The molecule has 0 bridgehead atoms. The number of imide groups is 1. The second-order valence-electron chi connectivity index (χ2n) is 8.44. The summed E-state index contributed by atoms with van der Waals surface area (Å²) in [6.45, 7) is 1.41. The van der Waals surface area contributed by atoms with Gasteiger partial charge in [0, 0.05) is 6.54 Å². The summed E-state index contributed by atoms with van der Waals surface area (Å²) >= 11 is 0. The van der Waals surface area contributed by atoms with E-state index in [0.29, 0.717) is 17.9 Å². The Morgan fingerprint density at radius 2 is 1.61 bits per heavy atom. The van der Waals surface area contributed by atoms with Crippen LogP contribution in [0.3, 0.4) is 0 Å². The molecule has 3 N–H and O–H groups in total. The first-order valence-electron chi connectivity index (χ1n) is 11.3. The molecule has 0 aromatic heterocycles. The molecule has 0 saturated carbocycles.